The third kappa shape index (κ3) is 8.99. The van der Waals surface area contributed by atoms with Crippen LogP contribution in [0.15, 0.2) is 103 Å². The van der Waals surface area contributed by atoms with Crippen molar-refractivity contribution in [2.75, 3.05) is 0 Å². The molecule has 0 atom stereocenters. The zero-order valence-electron chi connectivity index (χ0n) is 29.8. The Bertz CT molecular complexity index is 2050. The van der Waals surface area contributed by atoms with Gasteiger partial charge in [0.15, 0.2) is 5.78 Å². The molecule has 0 aliphatic rings. The van der Waals surface area contributed by atoms with Crippen molar-refractivity contribution in [2.45, 2.75) is 70.6 Å². The number of nitrogens with zero attached hydrogens (tertiary/aromatic N) is 1. The largest absolute Gasteiger partial charge is 0 e. The minimum absolute atomic E-state index is 0. The second-order valence-corrected chi connectivity index (χ2v) is 25.4. The predicted molar refractivity (Wildman–Crippen MR) is 211 cm³/mol. The molecule has 0 bridgehead atoms. The van der Waals surface area contributed by atoms with Gasteiger partial charge in [0.2, 0.25) is 0 Å². The Morgan fingerprint density at radius 2 is 1.45 bits per heavy atom. The number of hydrogen-bond acceptors (Lipinski definition) is 4. The van der Waals surface area contributed by atoms with Crippen LogP contribution in [0.2, 0.25) is 17.3 Å². The molecule has 0 saturated carbocycles. The molecule has 257 valence electrons. The second kappa shape index (κ2) is 17.2. The van der Waals surface area contributed by atoms with Gasteiger partial charge in [0.1, 0.15) is 0 Å². The van der Waals surface area contributed by atoms with Crippen LogP contribution in [0.4, 0.5) is 0 Å². The topological polar surface area (TPSA) is 50.2 Å². The van der Waals surface area contributed by atoms with Gasteiger partial charge < -0.3 is 5.11 Å². The summed E-state index contributed by atoms with van der Waals surface area (Å²) in [6.45, 7) is 8.07. The van der Waals surface area contributed by atoms with Crippen LogP contribution in [0, 0.1) is 17.9 Å². The first-order chi connectivity index (χ1) is 23.1. The van der Waals surface area contributed by atoms with E-state index < -0.39 is 13.3 Å². The summed E-state index contributed by atoms with van der Waals surface area (Å²) in [4.78, 5) is 16.8. The fraction of sp³-hybridized carbons (Fsp3) is 0.302. The van der Waals surface area contributed by atoms with Crippen LogP contribution < -0.4 is 4.40 Å². The van der Waals surface area contributed by atoms with Crippen molar-refractivity contribution in [3.05, 3.63) is 109 Å². The Balaban J connectivity index is 0.000000290. The van der Waals surface area contributed by atoms with E-state index in [0.717, 1.165) is 42.5 Å². The molecule has 0 aliphatic heterocycles. The standard InChI is InChI=1S/C30H24GeNS.C13H24O2.Ir/c1-31(2,3)22-14-15-27-25(18-22)24(20-9-5-4-6-10-20)19-28(32-27)21-13-16-30-26(17-21)23-11-7-8-12-29(23)33-30;1-5-10(6-2)12(14)9-13(15)11(7-3)8-4;/h4-12,14-19H,1-3H3;9-11,14H,5-8H2,1-4H3;/q-1;;/b;12-9-;. The molecule has 2 heterocycles. The molecular formula is C43H48GeIrNO2S-. The SMILES string of the molecule is CCC(CC)C(=O)/C=C(\O)C(CC)CC.[CH3][Ge]([CH3])([CH3])[c]1ccc2nc(-c3[c-]cc4sc5ccccc5c4c3)cc(-c3ccccc3)c2c1.[Ir]. The van der Waals surface area contributed by atoms with E-state index in [1.165, 1.54) is 47.2 Å². The van der Waals surface area contributed by atoms with Crippen molar-refractivity contribution in [3.8, 4) is 22.4 Å². The average Bonchev–Trinajstić information content (AvgIpc) is 3.47. The zero-order valence-corrected chi connectivity index (χ0v) is 35.1. The van der Waals surface area contributed by atoms with Crippen molar-refractivity contribution >= 4 is 65.9 Å². The summed E-state index contributed by atoms with van der Waals surface area (Å²) < 4.78 is 4.09. The van der Waals surface area contributed by atoms with Gasteiger partial charge >= 0.3 is 196 Å². The predicted octanol–water partition coefficient (Wildman–Crippen LogP) is 12.1. The fourth-order valence-corrected chi connectivity index (χ4v) is 9.79. The Kier molecular flexibility index (Phi) is 13.6. The molecule has 0 unspecified atom stereocenters. The summed E-state index contributed by atoms with van der Waals surface area (Å²) in [5.41, 5.74) is 5.54. The summed E-state index contributed by atoms with van der Waals surface area (Å²) in [6, 6.07) is 36.4. The number of thiophene rings is 1. The van der Waals surface area contributed by atoms with Gasteiger partial charge in [0.05, 0.1) is 5.76 Å². The van der Waals surface area contributed by atoms with Gasteiger partial charge in [0.25, 0.3) is 0 Å². The third-order valence-electron chi connectivity index (χ3n) is 9.43. The number of aliphatic hydroxyl groups excluding tert-OH is 1. The summed E-state index contributed by atoms with van der Waals surface area (Å²) in [5, 5.41) is 13.6. The Morgan fingerprint density at radius 1 is 0.796 bits per heavy atom. The van der Waals surface area contributed by atoms with E-state index in [1.54, 1.807) is 0 Å². The fourth-order valence-electron chi connectivity index (χ4n) is 6.28. The van der Waals surface area contributed by atoms with Gasteiger partial charge in [-0.15, -0.1) is 0 Å². The van der Waals surface area contributed by atoms with E-state index in [2.05, 4.69) is 114 Å². The van der Waals surface area contributed by atoms with Crippen LogP contribution in [-0.2, 0) is 24.9 Å². The first kappa shape index (κ1) is 38.7. The van der Waals surface area contributed by atoms with Crippen molar-refractivity contribution in [2.24, 2.45) is 11.8 Å². The molecule has 4 aromatic carbocycles. The van der Waals surface area contributed by atoms with Crippen LogP contribution >= 0.6 is 11.3 Å². The first-order valence-electron chi connectivity index (χ1n) is 17.4. The number of pyridine rings is 1. The number of ketones is 1. The van der Waals surface area contributed by atoms with Gasteiger partial charge in [-0.2, -0.15) is 0 Å². The molecular weight excluding hydrogens is 859 g/mol. The average molecular weight is 908 g/mol. The number of benzene rings is 4. The first-order valence-corrected chi connectivity index (χ1v) is 25.5. The van der Waals surface area contributed by atoms with Crippen LogP contribution in [0.1, 0.15) is 53.4 Å². The molecule has 0 saturated heterocycles. The van der Waals surface area contributed by atoms with Crippen molar-refractivity contribution < 1.29 is 30.0 Å². The molecule has 49 heavy (non-hydrogen) atoms. The van der Waals surface area contributed by atoms with Crippen LogP contribution in [0.3, 0.4) is 0 Å². The van der Waals surface area contributed by atoms with Crippen LogP contribution in [0.25, 0.3) is 53.5 Å². The number of rotatable bonds is 10. The second-order valence-electron chi connectivity index (χ2n) is 13.6. The van der Waals surface area contributed by atoms with E-state index in [4.69, 9.17) is 4.98 Å². The third-order valence-corrected chi connectivity index (χ3v) is 14.8. The molecule has 1 radical (unpaired) electrons. The Hall–Kier alpha value is -3.09. The number of fused-ring (bicyclic) bond motifs is 4. The van der Waals surface area contributed by atoms with Gasteiger partial charge in [-0.1, -0.05) is 33.8 Å². The molecule has 0 aliphatic carbocycles. The molecule has 1 N–H and O–H groups in total. The maximum Gasteiger partial charge on any atom is 0 e. The van der Waals surface area contributed by atoms with Crippen LogP contribution in [0.5, 0.6) is 0 Å². The maximum atomic E-state index is 11.7. The minimum Gasteiger partial charge on any atom is 0 e. The number of carbonyl (C=O) groups is 1. The van der Waals surface area contributed by atoms with E-state index in [-0.39, 0.29) is 43.5 Å². The number of hydrogen-bond donors (Lipinski definition) is 1. The molecule has 6 heteroatoms. The van der Waals surface area contributed by atoms with Gasteiger partial charge in [0, 0.05) is 38.0 Å². The molecule has 2 aromatic heterocycles. The number of aliphatic hydroxyl groups is 1. The van der Waals surface area contributed by atoms with E-state index >= 15 is 0 Å². The summed E-state index contributed by atoms with van der Waals surface area (Å²) >= 11 is -0.139. The monoisotopic (exact) mass is 909 g/mol. The van der Waals surface area contributed by atoms with Crippen molar-refractivity contribution in [1.82, 2.24) is 4.98 Å². The summed E-state index contributed by atoms with van der Waals surface area (Å²) in [5.74, 6) is 7.88. The summed E-state index contributed by atoms with van der Waals surface area (Å²) in [7, 11) is 0. The normalized spacial score (nSPS) is 12.0. The maximum absolute atomic E-state index is 11.7. The van der Waals surface area contributed by atoms with Crippen molar-refractivity contribution in [1.29, 1.82) is 0 Å². The molecule has 6 aromatic rings. The van der Waals surface area contributed by atoms with E-state index in [9.17, 15) is 9.90 Å². The van der Waals surface area contributed by atoms with E-state index in [0.29, 0.717) is 0 Å². The molecule has 3 nitrogen and oxygen atoms in total. The summed E-state index contributed by atoms with van der Waals surface area (Å²) in [6.07, 6.45) is 4.91. The Morgan fingerprint density at radius 3 is 2.10 bits per heavy atom. The van der Waals surface area contributed by atoms with Gasteiger partial charge in [-0.25, -0.2) is 0 Å². The van der Waals surface area contributed by atoms with Gasteiger partial charge in [-0.3, -0.25) is 4.79 Å². The smallest absolute Gasteiger partial charge is 0 e. The number of aromatic nitrogens is 1. The minimum atomic E-state index is -1.96. The Labute approximate surface area is 312 Å². The molecule has 0 spiro atoms. The van der Waals surface area contributed by atoms with E-state index in [1.807, 2.05) is 39.0 Å². The molecule has 6 rings (SSSR count). The number of carbonyl (C=O) groups excluding carboxylic acids is 1. The molecule has 0 fully saturated rings. The zero-order chi connectivity index (χ0) is 34.4. The molecule has 0 amide bonds. The number of allylic oxidation sites excluding steroid dienone is 2. The van der Waals surface area contributed by atoms with Crippen LogP contribution in [-0.4, -0.2) is 29.1 Å². The quantitative estimate of drug-likeness (QED) is 0.0645. The van der Waals surface area contributed by atoms with Crippen molar-refractivity contribution in [3.63, 3.8) is 0 Å². The van der Waals surface area contributed by atoms with Gasteiger partial charge in [-0.05, 0) is 25.7 Å².